The molecule has 0 bridgehead atoms. The number of nitrogens with zero attached hydrogens (tertiary/aromatic N) is 1. The average Bonchev–Trinajstić information content (AvgIpc) is 2.37. The van der Waals surface area contributed by atoms with E-state index in [-0.39, 0.29) is 18.3 Å². The second-order valence-corrected chi connectivity index (χ2v) is 5.39. The lowest BCUT2D eigenvalue weighted by Crippen LogP contribution is -2.52. The molecule has 2 rings (SSSR count). The summed E-state index contributed by atoms with van der Waals surface area (Å²) in [6.45, 7) is 9.52. The minimum atomic E-state index is 0. The molecular weight excluding hydrogens is 274 g/mol. The zero-order valence-electron chi connectivity index (χ0n) is 12.4. The quantitative estimate of drug-likeness (QED) is 0.896. The van der Waals surface area contributed by atoms with Gasteiger partial charge in [-0.25, -0.2) is 0 Å². The average molecular weight is 298 g/mol. The molecule has 20 heavy (non-hydrogen) atoms. The number of piperazine rings is 1. The van der Waals surface area contributed by atoms with Crippen molar-refractivity contribution in [1.29, 1.82) is 0 Å². The number of rotatable bonds is 3. The molecule has 5 heteroatoms. The van der Waals surface area contributed by atoms with Crippen LogP contribution in [0.5, 0.6) is 0 Å². The lowest BCUT2D eigenvalue weighted by molar-refractivity contribution is -0.118. The van der Waals surface area contributed by atoms with Crippen molar-refractivity contribution in [2.24, 2.45) is 0 Å². The van der Waals surface area contributed by atoms with E-state index in [0.717, 1.165) is 36.4 Å². The van der Waals surface area contributed by atoms with Crippen LogP contribution in [0.3, 0.4) is 0 Å². The second-order valence-electron chi connectivity index (χ2n) is 5.39. The Hall–Kier alpha value is -1.10. The Morgan fingerprint density at radius 3 is 2.90 bits per heavy atom. The number of carbonyl (C=O) groups excluding carboxylic acids is 1. The first-order valence-electron chi connectivity index (χ1n) is 6.88. The van der Waals surface area contributed by atoms with Gasteiger partial charge in [-0.3, -0.25) is 9.69 Å². The van der Waals surface area contributed by atoms with Crippen molar-refractivity contribution in [3.63, 3.8) is 0 Å². The smallest absolute Gasteiger partial charge is 0.238 e. The van der Waals surface area contributed by atoms with Gasteiger partial charge in [0.25, 0.3) is 0 Å². The maximum Gasteiger partial charge on any atom is 0.238 e. The first-order chi connectivity index (χ1) is 9.06. The van der Waals surface area contributed by atoms with Crippen molar-refractivity contribution >= 4 is 24.0 Å². The van der Waals surface area contributed by atoms with Crippen molar-refractivity contribution in [3.8, 4) is 0 Å². The number of amides is 1. The van der Waals surface area contributed by atoms with E-state index in [2.05, 4.69) is 28.5 Å². The van der Waals surface area contributed by atoms with Gasteiger partial charge in [-0.1, -0.05) is 12.1 Å². The molecule has 1 aromatic rings. The van der Waals surface area contributed by atoms with E-state index in [9.17, 15) is 4.79 Å². The first-order valence-corrected chi connectivity index (χ1v) is 6.88. The summed E-state index contributed by atoms with van der Waals surface area (Å²) in [6, 6.07) is 6.54. The fourth-order valence-electron chi connectivity index (χ4n) is 2.36. The van der Waals surface area contributed by atoms with E-state index in [1.807, 2.05) is 26.0 Å². The molecule has 4 nitrogen and oxygen atoms in total. The number of hydrogen-bond donors (Lipinski definition) is 2. The third kappa shape index (κ3) is 4.47. The fraction of sp³-hybridized carbons (Fsp3) is 0.533. The Bertz CT molecular complexity index is 464. The van der Waals surface area contributed by atoms with Crippen molar-refractivity contribution < 1.29 is 4.79 Å². The molecule has 0 unspecified atom stereocenters. The predicted molar refractivity (Wildman–Crippen MR) is 85.7 cm³/mol. The Labute approximate surface area is 127 Å². The molecular formula is C15H24ClN3O. The van der Waals surface area contributed by atoms with Crippen LogP contribution in [0.2, 0.25) is 0 Å². The van der Waals surface area contributed by atoms with Gasteiger partial charge in [-0.05, 0) is 38.0 Å². The number of halogens is 1. The molecule has 0 radical (unpaired) electrons. The highest BCUT2D eigenvalue weighted by Crippen LogP contribution is 2.16. The molecule has 1 aromatic carbocycles. The molecule has 1 amide bonds. The van der Waals surface area contributed by atoms with Gasteiger partial charge in [0, 0.05) is 31.4 Å². The molecule has 2 N–H and O–H groups in total. The van der Waals surface area contributed by atoms with Crippen LogP contribution in [-0.4, -0.2) is 43.0 Å². The van der Waals surface area contributed by atoms with Gasteiger partial charge in [0.2, 0.25) is 5.91 Å². The second kappa shape index (κ2) is 7.62. The van der Waals surface area contributed by atoms with Gasteiger partial charge in [0.05, 0.1) is 6.54 Å². The molecule has 0 spiro atoms. The number of carbonyl (C=O) groups is 1. The molecule has 0 aliphatic carbocycles. The van der Waals surface area contributed by atoms with Crippen LogP contribution in [0.1, 0.15) is 18.1 Å². The highest BCUT2D eigenvalue weighted by Gasteiger charge is 2.20. The number of nitrogens with one attached hydrogen (secondary N) is 2. The molecule has 1 heterocycles. The maximum atomic E-state index is 12.1. The highest BCUT2D eigenvalue weighted by molar-refractivity contribution is 5.93. The monoisotopic (exact) mass is 297 g/mol. The van der Waals surface area contributed by atoms with E-state index >= 15 is 0 Å². The summed E-state index contributed by atoms with van der Waals surface area (Å²) in [4.78, 5) is 14.3. The van der Waals surface area contributed by atoms with E-state index in [4.69, 9.17) is 0 Å². The summed E-state index contributed by atoms with van der Waals surface area (Å²) in [5, 5.41) is 6.35. The van der Waals surface area contributed by atoms with E-state index in [1.165, 1.54) is 0 Å². The Morgan fingerprint density at radius 2 is 2.20 bits per heavy atom. The van der Waals surface area contributed by atoms with Crippen LogP contribution in [0.15, 0.2) is 18.2 Å². The van der Waals surface area contributed by atoms with E-state index in [0.29, 0.717) is 12.6 Å². The molecule has 0 saturated carbocycles. The number of hydrogen-bond acceptors (Lipinski definition) is 3. The van der Waals surface area contributed by atoms with Gasteiger partial charge in [-0.2, -0.15) is 0 Å². The van der Waals surface area contributed by atoms with Crippen molar-refractivity contribution in [1.82, 2.24) is 10.2 Å². The largest absolute Gasteiger partial charge is 0.325 e. The van der Waals surface area contributed by atoms with Crippen LogP contribution in [0.4, 0.5) is 5.69 Å². The first kappa shape index (κ1) is 17.0. The lowest BCUT2D eigenvalue weighted by Gasteiger charge is -2.33. The summed E-state index contributed by atoms with van der Waals surface area (Å²) in [5.41, 5.74) is 3.19. The van der Waals surface area contributed by atoms with Crippen molar-refractivity contribution in [3.05, 3.63) is 29.3 Å². The summed E-state index contributed by atoms with van der Waals surface area (Å²) in [5.74, 6) is 0.0717. The van der Waals surface area contributed by atoms with Gasteiger partial charge < -0.3 is 10.6 Å². The molecule has 112 valence electrons. The van der Waals surface area contributed by atoms with E-state index < -0.39 is 0 Å². The number of benzene rings is 1. The van der Waals surface area contributed by atoms with Crippen LogP contribution in [0, 0.1) is 13.8 Å². The predicted octanol–water partition coefficient (Wildman–Crippen LogP) is 1.96. The van der Waals surface area contributed by atoms with Crippen molar-refractivity contribution in [2.75, 3.05) is 31.5 Å². The van der Waals surface area contributed by atoms with Gasteiger partial charge in [0.15, 0.2) is 0 Å². The maximum absolute atomic E-state index is 12.1. The zero-order valence-corrected chi connectivity index (χ0v) is 13.2. The zero-order chi connectivity index (χ0) is 13.8. The van der Waals surface area contributed by atoms with Crippen LogP contribution in [-0.2, 0) is 4.79 Å². The minimum absolute atomic E-state index is 0. The third-order valence-corrected chi connectivity index (χ3v) is 3.65. The third-order valence-electron chi connectivity index (χ3n) is 3.65. The normalized spacial score (nSPS) is 19.2. The molecule has 1 aliphatic heterocycles. The van der Waals surface area contributed by atoms with Crippen molar-refractivity contribution in [2.45, 2.75) is 26.8 Å². The van der Waals surface area contributed by atoms with E-state index in [1.54, 1.807) is 0 Å². The van der Waals surface area contributed by atoms with Crippen LogP contribution >= 0.6 is 12.4 Å². The Kier molecular flexibility index (Phi) is 6.46. The van der Waals surface area contributed by atoms with Gasteiger partial charge >= 0.3 is 0 Å². The highest BCUT2D eigenvalue weighted by atomic mass is 35.5. The topological polar surface area (TPSA) is 44.4 Å². The molecule has 0 aromatic heterocycles. The van der Waals surface area contributed by atoms with Gasteiger partial charge in [0.1, 0.15) is 0 Å². The lowest BCUT2D eigenvalue weighted by atomic mass is 10.1. The summed E-state index contributed by atoms with van der Waals surface area (Å²) in [6.07, 6.45) is 0. The Balaban J connectivity index is 0.00000200. The SMILES string of the molecule is Cc1ccc(C)c(NC(=O)CN2CCNC[C@H]2C)c1.Cl. The summed E-state index contributed by atoms with van der Waals surface area (Å²) >= 11 is 0. The summed E-state index contributed by atoms with van der Waals surface area (Å²) < 4.78 is 0. The molecule has 1 atom stereocenters. The minimum Gasteiger partial charge on any atom is -0.325 e. The molecule has 1 saturated heterocycles. The number of anilines is 1. The standard InChI is InChI=1S/C15H23N3O.ClH/c1-11-4-5-12(2)14(8-11)17-15(19)10-18-7-6-16-9-13(18)3;/h4-5,8,13,16H,6-7,9-10H2,1-3H3,(H,17,19);1H/t13-;/m1./s1. The van der Waals surface area contributed by atoms with Crippen LogP contribution in [0.25, 0.3) is 0 Å². The summed E-state index contributed by atoms with van der Waals surface area (Å²) in [7, 11) is 0. The molecule has 1 aliphatic rings. The number of aryl methyl sites for hydroxylation is 2. The van der Waals surface area contributed by atoms with Gasteiger partial charge in [-0.15, -0.1) is 12.4 Å². The Morgan fingerprint density at radius 1 is 1.45 bits per heavy atom. The van der Waals surface area contributed by atoms with Crippen LogP contribution < -0.4 is 10.6 Å². The fourth-order valence-corrected chi connectivity index (χ4v) is 2.36. The molecule has 1 fully saturated rings.